The molecule has 0 aromatic heterocycles. The van der Waals surface area contributed by atoms with Crippen LogP contribution in [0.5, 0.6) is 0 Å². The van der Waals surface area contributed by atoms with Gasteiger partial charge < -0.3 is 10.2 Å². The van der Waals surface area contributed by atoms with E-state index in [1.807, 2.05) is 18.2 Å². The lowest BCUT2D eigenvalue weighted by molar-refractivity contribution is -0.137. The van der Waals surface area contributed by atoms with Crippen molar-refractivity contribution in [2.75, 3.05) is 0 Å². The third kappa shape index (κ3) is 11.7. The Hall–Kier alpha value is -1.03. The second-order valence-corrected chi connectivity index (χ2v) is 8.37. The predicted octanol–water partition coefficient (Wildman–Crippen LogP) is 7.38. The molecule has 28 heavy (non-hydrogen) atoms. The zero-order chi connectivity index (χ0) is 20.8. The van der Waals surface area contributed by atoms with Crippen molar-refractivity contribution in [3.63, 3.8) is 0 Å². The summed E-state index contributed by atoms with van der Waals surface area (Å²) in [4.78, 5) is 9.96. The number of carboxylic acids is 1. The van der Waals surface area contributed by atoms with Crippen molar-refractivity contribution in [2.45, 2.75) is 83.7 Å². The first-order valence-corrected chi connectivity index (χ1v) is 11.2. The molecule has 1 unspecified atom stereocenters. The Morgan fingerprint density at radius 2 is 1.93 bits per heavy atom. The number of aliphatic carboxylic acids is 1. The average molecular weight is 429 g/mol. The molecule has 2 rings (SSSR count). The molecule has 1 aliphatic rings. The van der Waals surface area contributed by atoms with Gasteiger partial charge in [0.15, 0.2) is 0 Å². The number of rotatable bonds is 10. The molecule has 1 aromatic rings. The molecule has 0 amide bonds. The highest BCUT2D eigenvalue weighted by atomic mass is 35.5. The molecule has 0 saturated heterocycles. The van der Waals surface area contributed by atoms with Gasteiger partial charge >= 0.3 is 5.97 Å². The average Bonchev–Trinajstić information content (AvgIpc) is 3.17. The number of hydrogen-bond donors (Lipinski definition) is 2. The second-order valence-electron chi connectivity index (χ2n) is 7.52. The van der Waals surface area contributed by atoms with E-state index in [9.17, 15) is 9.90 Å². The zero-order valence-electron chi connectivity index (χ0n) is 16.9. The smallest absolute Gasteiger partial charge is 0.303 e. The van der Waals surface area contributed by atoms with Gasteiger partial charge in [0.1, 0.15) is 0 Å². The third-order valence-electron chi connectivity index (χ3n) is 5.05. The van der Waals surface area contributed by atoms with E-state index in [0.717, 1.165) is 43.6 Å². The molecule has 0 bridgehead atoms. The Morgan fingerprint density at radius 3 is 2.54 bits per heavy atom. The summed E-state index contributed by atoms with van der Waals surface area (Å²) < 4.78 is 0. The van der Waals surface area contributed by atoms with Crippen LogP contribution in [0.2, 0.25) is 10.0 Å². The van der Waals surface area contributed by atoms with Crippen molar-refractivity contribution >= 4 is 35.2 Å². The minimum Gasteiger partial charge on any atom is -0.481 e. The molecule has 2 N–H and O–H groups in total. The van der Waals surface area contributed by atoms with Crippen molar-refractivity contribution in [3.05, 3.63) is 39.9 Å². The summed E-state index contributed by atoms with van der Waals surface area (Å²) >= 11 is 11.9. The van der Waals surface area contributed by atoms with Gasteiger partial charge in [-0.2, -0.15) is 0 Å². The summed E-state index contributed by atoms with van der Waals surface area (Å²) in [5.41, 5.74) is 0.894. The number of hydrogen-bond acceptors (Lipinski definition) is 2. The Kier molecular flexibility index (Phi) is 13.3. The maximum absolute atomic E-state index is 9.96. The highest BCUT2D eigenvalue weighted by Gasteiger charge is 2.15. The summed E-state index contributed by atoms with van der Waals surface area (Å²) in [5.74, 6) is 0.147. The fraction of sp³-hybridized carbons (Fsp3) is 0.609. The standard InChI is InChI=1S/C16H20Cl2O.C7H14O2/c17-14-8-6-13(16(18)11-14)7-10-15(19)9-5-12-3-1-2-4-12;1-2-3-4-5-6-7(8)9/h6-8,10-12,15,19H,1-5,9H2;2-6H2,1H3,(H,8,9)/b10-7+;. The monoisotopic (exact) mass is 428 g/mol. The first kappa shape index (κ1) is 25.0. The Balaban J connectivity index is 0.000000370. The molecule has 0 heterocycles. The van der Waals surface area contributed by atoms with Gasteiger partial charge in [-0.3, -0.25) is 4.79 Å². The number of carboxylic acid groups (broad SMARTS) is 1. The Bertz CT molecular complexity index is 596. The van der Waals surface area contributed by atoms with Crippen molar-refractivity contribution in [1.82, 2.24) is 0 Å². The molecule has 1 atom stereocenters. The molecule has 158 valence electrons. The lowest BCUT2D eigenvalue weighted by atomic mass is 9.99. The van der Waals surface area contributed by atoms with E-state index in [0.29, 0.717) is 16.5 Å². The third-order valence-corrected chi connectivity index (χ3v) is 5.61. The van der Waals surface area contributed by atoms with Crippen LogP contribution in [-0.4, -0.2) is 22.3 Å². The summed E-state index contributed by atoms with van der Waals surface area (Å²) in [6, 6.07) is 5.39. The van der Waals surface area contributed by atoms with Crippen LogP contribution in [-0.2, 0) is 4.79 Å². The number of aliphatic hydroxyl groups excluding tert-OH is 1. The van der Waals surface area contributed by atoms with E-state index in [2.05, 4.69) is 6.92 Å². The largest absolute Gasteiger partial charge is 0.481 e. The first-order valence-electron chi connectivity index (χ1n) is 10.5. The molecule has 1 fully saturated rings. The van der Waals surface area contributed by atoms with E-state index >= 15 is 0 Å². The number of aliphatic hydroxyl groups is 1. The molecule has 1 aromatic carbocycles. The van der Waals surface area contributed by atoms with E-state index in [-0.39, 0.29) is 6.10 Å². The van der Waals surface area contributed by atoms with Gasteiger partial charge in [0, 0.05) is 16.5 Å². The van der Waals surface area contributed by atoms with Crippen LogP contribution < -0.4 is 0 Å². The van der Waals surface area contributed by atoms with Gasteiger partial charge in [-0.1, -0.05) is 93.3 Å². The normalized spacial score (nSPS) is 15.4. The number of benzene rings is 1. The molecule has 1 saturated carbocycles. The Labute approximate surface area is 179 Å². The van der Waals surface area contributed by atoms with E-state index < -0.39 is 5.97 Å². The van der Waals surface area contributed by atoms with Crippen LogP contribution in [0.4, 0.5) is 0 Å². The molecule has 0 aliphatic heterocycles. The maximum atomic E-state index is 9.96. The quantitative estimate of drug-likeness (QED) is 0.382. The summed E-state index contributed by atoms with van der Waals surface area (Å²) in [7, 11) is 0. The van der Waals surface area contributed by atoms with Crippen LogP contribution in [0.25, 0.3) is 6.08 Å². The topological polar surface area (TPSA) is 57.5 Å². The molecule has 0 radical (unpaired) electrons. The molecule has 5 heteroatoms. The predicted molar refractivity (Wildman–Crippen MR) is 119 cm³/mol. The fourth-order valence-corrected chi connectivity index (χ4v) is 3.83. The minimum absolute atomic E-state index is 0.333. The van der Waals surface area contributed by atoms with Gasteiger partial charge in [0.05, 0.1) is 6.10 Å². The van der Waals surface area contributed by atoms with Gasteiger partial charge in [0.2, 0.25) is 0 Å². The fourth-order valence-electron chi connectivity index (χ4n) is 3.36. The van der Waals surface area contributed by atoms with Crippen LogP contribution in [0.3, 0.4) is 0 Å². The summed E-state index contributed by atoms with van der Waals surface area (Å²) in [6.45, 7) is 2.11. The van der Waals surface area contributed by atoms with Crippen LogP contribution in [0.1, 0.15) is 83.1 Å². The molecular formula is C23H34Cl2O3. The highest BCUT2D eigenvalue weighted by Crippen LogP contribution is 2.29. The van der Waals surface area contributed by atoms with E-state index in [4.69, 9.17) is 28.3 Å². The molecule has 1 aliphatic carbocycles. The van der Waals surface area contributed by atoms with Crippen LogP contribution in [0, 0.1) is 5.92 Å². The second kappa shape index (κ2) is 14.9. The van der Waals surface area contributed by atoms with Crippen molar-refractivity contribution in [3.8, 4) is 0 Å². The summed E-state index contributed by atoms with van der Waals surface area (Å²) in [6.07, 6.45) is 15.2. The maximum Gasteiger partial charge on any atom is 0.303 e. The highest BCUT2D eigenvalue weighted by molar-refractivity contribution is 6.35. The number of carbonyl (C=O) groups is 1. The van der Waals surface area contributed by atoms with Crippen molar-refractivity contribution < 1.29 is 15.0 Å². The van der Waals surface area contributed by atoms with E-state index in [1.54, 1.807) is 12.1 Å². The molecular weight excluding hydrogens is 395 g/mol. The lowest BCUT2D eigenvalue weighted by Crippen LogP contribution is -2.05. The van der Waals surface area contributed by atoms with Crippen molar-refractivity contribution in [2.24, 2.45) is 5.92 Å². The lowest BCUT2D eigenvalue weighted by Gasteiger charge is -2.10. The van der Waals surface area contributed by atoms with Crippen molar-refractivity contribution in [1.29, 1.82) is 0 Å². The molecule has 3 nitrogen and oxygen atoms in total. The van der Waals surface area contributed by atoms with Crippen LogP contribution in [0.15, 0.2) is 24.3 Å². The van der Waals surface area contributed by atoms with Gasteiger partial charge in [-0.05, 0) is 42.9 Å². The number of halogens is 2. The SMILES string of the molecule is CCCCCCC(=O)O.OC(/C=C/c1ccc(Cl)cc1Cl)CCC1CCCC1. The Morgan fingerprint density at radius 1 is 1.21 bits per heavy atom. The van der Waals surface area contributed by atoms with E-state index in [1.165, 1.54) is 32.1 Å². The zero-order valence-corrected chi connectivity index (χ0v) is 18.4. The summed E-state index contributed by atoms with van der Waals surface area (Å²) in [5, 5.41) is 19.4. The minimum atomic E-state index is -0.675. The van der Waals surface area contributed by atoms with Crippen LogP contribution >= 0.6 is 23.2 Å². The molecule has 0 spiro atoms. The van der Waals surface area contributed by atoms with Gasteiger partial charge in [-0.25, -0.2) is 0 Å². The van der Waals surface area contributed by atoms with Gasteiger partial charge in [-0.15, -0.1) is 0 Å². The number of unbranched alkanes of at least 4 members (excludes halogenated alkanes) is 3. The van der Waals surface area contributed by atoms with Gasteiger partial charge in [0.25, 0.3) is 0 Å². The first-order chi connectivity index (χ1) is 13.4.